The third-order valence-corrected chi connectivity index (χ3v) is 3.40. The highest BCUT2D eigenvalue weighted by Gasteiger charge is 2.11. The van der Waals surface area contributed by atoms with E-state index < -0.39 is 0 Å². The van der Waals surface area contributed by atoms with E-state index in [1.54, 1.807) is 0 Å². The summed E-state index contributed by atoms with van der Waals surface area (Å²) in [6.45, 7) is 4.26. The van der Waals surface area contributed by atoms with Crippen LogP contribution in [0.2, 0.25) is 0 Å². The second-order valence-corrected chi connectivity index (χ2v) is 4.75. The average Bonchev–Trinajstić information content (AvgIpc) is 2.36. The number of nitrogens with one attached hydrogen (secondary N) is 1. The van der Waals surface area contributed by atoms with Gasteiger partial charge in [0.05, 0.1) is 5.52 Å². The number of benzene rings is 1. The maximum absolute atomic E-state index is 4.70. The van der Waals surface area contributed by atoms with Crippen LogP contribution < -0.4 is 10.2 Å². The first-order chi connectivity index (χ1) is 8.58. The Hall–Kier alpha value is -1.77. The molecular weight excluding hydrogens is 222 g/mol. The molecule has 1 aromatic heterocycles. The number of rotatable bonds is 3. The highest BCUT2D eigenvalue weighted by molar-refractivity contribution is 5.95. The van der Waals surface area contributed by atoms with Crippen LogP contribution in [0.3, 0.4) is 0 Å². The van der Waals surface area contributed by atoms with Crippen molar-refractivity contribution in [2.45, 2.75) is 20.3 Å². The van der Waals surface area contributed by atoms with Gasteiger partial charge >= 0.3 is 0 Å². The fourth-order valence-electron chi connectivity index (χ4n) is 2.41. The molecule has 0 saturated carbocycles. The zero-order valence-corrected chi connectivity index (χ0v) is 11.8. The zero-order valence-electron chi connectivity index (χ0n) is 11.8. The third kappa shape index (κ3) is 2.01. The third-order valence-electron chi connectivity index (χ3n) is 3.40. The van der Waals surface area contributed by atoms with E-state index in [1.165, 1.54) is 22.3 Å². The van der Waals surface area contributed by atoms with E-state index in [9.17, 15) is 0 Å². The molecule has 2 rings (SSSR count). The maximum Gasteiger partial charge on any atom is 0.0727 e. The number of pyridine rings is 1. The minimum atomic E-state index is 0.997. The number of hydrogen-bond acceptors (Lipinski definition) is 3. The lowest BCUT2D eigenvalue weighted by molar-refractivity contribution is 1.07. The molecule has 0 spiro atoms. The lowest BCUT2D eigenvalue weighted by Gasteiger charge is -2.17. The SMILES string of the molecule is CCc1c(C)nc2ccc(N(C)C)cc2c1NC. The molecule has 3 heteroatoms. The molecule has 0 amide bonds. The second kappa shape index (κ2) is 4.84. The number of aromatic nitrogens is 1. The van der Waals surface area contributed by atoms with Crippen LogP contribution in [-0.2, 0) is 6.42 Å². The van der Waals surface area contributed by atoms with E-state index in [0.717, 1.165) is 17.6 Å². The van der Waals surface area contributed by atoms with Gasteiger partial charge in [-0.25, -0.2) is 0 Å². The van der Waals surface area contributed by atoms with Crippen LogP contribution in [0.25, 0.3) is 10.9 Å². The van der Waals surface area contributed by atoms with E-state index in [-0.39, 0.29) is 0 Å². The van der Waals surface area contributed by atoms with Gasteiger partial charge < -0.3 is 10.2 Å². The summed E-state index contributed by atoms with van der Waals surface area (Å²) in [7, 11) is 6.10. The van der Waals surface area contributed by atoms with Gasteiger partial charge in [-0.05, 0) is 37.1 Å². The first-order valence-electron chi connectivity index (χ1n) is 6.36. The van der Waals surface area contributed by atoms with Gasteiger partial charge in [-0.2, -0.15) is 0 Å². The summed E-state index contributed by atoms with van der Waals surface area (Å²) in [4.78, 5) is 6.81. The molecule has 0 aliphatic carbocycles. The maximum atomic E-state index is 4.70. The van der Waals surface area contributed by atoms with Crippen LogP contribution in [0.15, 0.2) is 18.2 Å². The minimum absolute atomic E-state index is 0.997. The lowest BCUT2D eigenvalue weighted by Crippen LogP contribution is -2.09. The fraction of sp³-hybridized carbons (Fsp3) is 0.400. The lowest BCUT2D eigenvalue weighted by atomic mass is 10.0. The van der Waals surface area contributed by atoms with E-state index in [0.29, 0.717) is 0 Å². The van der Waals surface area contributed by atoms with E-state index in [2.05, 4.69) is 56.4 Å². The summed E-state index contributed by atoms with van der Waals surface area (Å²) in [6.07, 6.45) is 0.997. The van der Waals surface area contributed by atoms with Gasteiger partial charge in [0.15, 0.2) is 0 Å². The molecule has 0 unspecified atom stereocenters. The number of aryl methyl sites for hydroxylation is 1. The topological polar surface area (TPSA) is 28.2 Å². The first-order valence-corrected chi connectivity index (χ1v) is 6.36. The Bertz CT molecular complexity index is 573. The van der Waals surface area contributed by atoms with Gasteiger partial charge in [-0.15, -0.1) is 0 Å². The van der Waals surface area contributed by atoms with Crippen LogP contribution in [-0.4, -0.2) is 26.1 Å². The molecule has 2 aromatic rings. The predicted molar refractivity (Wildman–Crippen MR) is 79.7 cm³/mol. The van der Waals surface area contributed by atoms with Gasteiger partial charge in [0.2, 0.25) is 0 Å². The zero-order chi connectivity index (χ0) is 13.3. The van der Waals surface area contributed by atoms with Gasteiger partial charge in [0.1, 0.15) is 0 Å². The molecule has 3 nitrogen and oxygen atoms in total. The fourth-order valence-corrected chi connectivity index (χ4v) is 2.41. The Kier molecular flexibility index (Phi) is 3.41. The van der Waals surface area contributed by atoms with Gasteiger partial charge in [-0.1, -0.05) is 6.92 Å². The van der Waals surface area contributed by atoms with Gasteiger partial charge in [0, 0.05) is 43.6 Å². The normalized spacial score (nSPS) is 10.7. The number of anilines is 2. The van der Waals surface area contributed by atoms with Crippen molar-refractivity contribution in [2.24, 2.45) is 0 Å². The molecule has 0 bridgehead atoms. The predicted octanol–water partition coefficient (Wildman–Crippen LogP) is 3.21. The molecule has 18 heavy (non-hydrogen) atoms. The molecule has 1 heterocycles. The van der Waals surface area contributed by atoms with Crippen molar-refractivity contribution in [2.75, 3.05) is 31.4 Å². The smallest absolute Gasteiger partial charge is 0.0727 e. The molecule has 0 aliphatic heterocycles. The quantitative estimate of drug-likeness (QED) is 0.897. The van der Waals surface area contributed by atoms with Crippen LogP contribution in [0.5, 0.6) is 0 Å². The molecule has 0 saturated heterocycles. The second-order valence-electron chi connectivity index (χ2n) is 4.75. The van der Waals surface area contributed by atoms with E-state index in [1.807, 2.05) is 7.05 Å². The molecule has 1 aromatic carbocycles. The van der Waals surface area contributed by atoms with Crippen molar-refractivity contribution in [3.8, 4) is 0 Å². The molecule has 0 fully saturated rings. The molecule has 0 radical (unpaired) electrons. The summed E-state index contributed by atoms with van der Waals surface area (Å²) < 4.78 is 0. The van der Waals surface area contributed by atoms with Crippen LogP contribution >= 0.6 is 0 Å². The molecule has 0 aliphatic rings. The molecule has 96 valence electrons. The van der Waals surface area contributed by atoms with Crippen molar-refractivity contribution in [1.82, 2.24) is 4.98 Å². The average molecular weight is 243 g/mol. The number of nitrogens with zero attached hydrogens (tertiary/aromatic N) is 2. The number of hydrogen-bond donors (Lipinski definition) is 1. The van der Waals surface area contributed by atoms with Crippen LogP contribution in [0, 0.1) is 6.92 Å². The molecule has 1 N–H and O–H groups in total. The van der Waals surface area contributed by atoms with Crippen LogP contribution in [0.4, 0.5) is 11.4 Å². The highest BCUT2D eigenvalue weighted by Crippen LogP contribution is 2.31. The van der Waals surface area contributed by atoms with Crippen molar-refractivity contribution in [1.29, 1.82) is 0 Å². The van der Waals surface area contributed by atoms with E-state index in [4.69, 9.17) is 4.98 Å². The molecular formula is C15H21N3. The summed E-state index contributed by atoms with van der Waals surface area (Å²) >= 11 is 0. The standard InChI is InChI=1S/C15H21N3/c1-6-12-10(2)17-14-8-7-11(18(4)5)9-13(14)15(12)16-3/h7-9H,6H2,1-5H3,(H,16,17). The summed E-state index contributed by atoms with van der Waals surface area (Å²) in [5.74, 6) is 0. The Morgan fingerprint density at radius 1 is 1.28 bits per heavy atom. The van der Waals surface area contributed by atoms with Crippen molar-refractivity contribution in [3.63, 3.8) is 0 Å². The summed E-state index contributed by atoms with van der Waals surface area (Å²) in [5.41, 5.74) is 5.89. The van der Waals surface area contributed by atoms with Crippen molar-refractivity contribution >= 4 is 22.3 Å². The first kappa shape index (κ1) is 12.7. The van der Waals surface area contributed by atoms with Crippen LogP contribution in [0.1, 0.15) is 18.2 Å². The Balaban J connectivity index is 2.78. The Labute approximate surface area is 109 Å². The van der Waals surface area contributed by atoms with Gasteiger partial charge in [-0.3, -0.25) is 4.98 Å². The number of fused-ring (bicyclic) bond motifs is 1. The summed E-state index contributed by atoms with van der Waals surface area (Å²) in [6, 6.07) is 6.41. The van der Waals surface area contributed by atoms with E-state index >= 15 is 0 Å². The minimum Gasteiger partial charge on any atom is -0.387 e. The monoisotopic (exact) mass is 243 g/mol. The molecule has 0 atom stereocenters. The van der Waals surface area contributed by atoms with Crippen molar-refractivity contribution < 1.29 is 0 Å². The Morgan fingerprint density at radius 2 is 2.00 bits per heavy atom. The highest BCUT2D eigenvalue weighted by atomic mass is 15.1. The van der Waals surface area contributed by atoms with Crippen molar-refractivity contribution in [3.05, 3.63) is 29.5 Å². The largest absolute Gasteiger partial charge is 0.387 e. The summed E-state index contributed by atoms with van der Waals surface area (Å²) in [5, 5.41) is 4.54. The Morgan fingerprint density at radius 3 is 2.56 bits per heavy atom. The van der Waals surface area contributed by atoms with Gasteiger partial charge in [0.25, 0.3) is 0 Å².